The van der Waals surface area contributed by atoms with Crippen LogP contribution in [0.1, 0.15) is 37.8 Å². The molecular weight excluding hydrogens is 486 g/mol. The monoisotopic (exact) mass is 515 g/mol. The van der Waals surface area contributed by atoms with Crippen molar-refractivity contribution in [2.45, 2.75) is 39.0 Å². The van der Waals surface area contributed by atoms with Crippen LogP contribution in [0.3, 0.4) is 0 Å². The Morgan fingerprint density at radius 3 is 2.72 bits per heavy atom. The number of hydrogen-bond acceptors (Lipinski definition) is 6. The zero-order valence-corrected chi connectivity index (χ0v) is 21.8. The molecule has 6 aromatic heterocycles. The SMILES string of the molecule is C=C(Nc1cncc(-c2cnc3n[nH]c(-c4cc5c(-n6cnc(C)c6)nccc5[nH]4)c3c2)c1)C1CCCCC1. The molecule has 9 heteroatoms. The van der Waals surface area contributed by atoms with Gasteiger partial charge in [0.15, 0.2) is 5.65 Å². The first-order valence-electron chi connectivity index (χ1n) is 13.4. The number of aromatic amines is 2. The third kappa shape index (κ3) is 4.35. The zero-order chi connectivity index (χ0) is 26.3. The Morgan fingerprint density at radius 1 is 1.00 bits per heavy atom. The van der Waals surface area contributed by atoms with Crippen LogP contribution in [0.2, 0.25) is 0 Å². The highest BCUT2D eigenvalue weighted by Gasteiger charge is 2.18. The fourth-order valence-electron chi connectivity index (χ4n) is 5.58. The predicted octanol–water partition coefficient (Wildman–Crippen LogP) is 6.56. The highest BCUT2D eigenvalue weighted by molar-refractivity contribution is 5.97. The fraction of sp³-hybridized carbons (Fsp3) is 0.233. The van der Waals surface area contributed by atoms with E-state index >= 15 is 0 Å². The molecular formula is C30H29N9. The van der Waals surface area contributed by atoms with E-state index in [1.807, 2.05) is 42.3 Å². The molecule has 0 atom stereocenters. The molecule has 1 fully saturated rings. The maximum atomic E-state index is 4.64. The summed E-state index contributed by atoms with van der Waals surface area (Å²) >= 11 is 0. The van der Waals surface area contributed by atoms with E-state index in [9.17, 15) is 0 Å². The number of fused-ring (bicyclic) bond motifs is 2. The van der Waals surface area contributed by atoms with Crippen LogP contribution in [0, 0.1) is 12.8 Å². The van der Waals surface area contributed by atoms with Crippen molar-refractivity contribution >= 4 is 27.6 Å². The Kier molecular flexibility index (Phi) is 5.69. The summed E-state index contributed by atoms with van der Waals surface area (Å²) < 4.78 is 1.94. The molecule has 0 aliphatic heterocycles. The summed E-state index contributed by atoms with van der Waals surface area (Å²) in [6.07, 6.45) is 17.4. The molecule has 194 valence electrons. The molecule has 0 aromatic carbocycles. The minimum Gasteiger partial charge on any atom is -0.358 e. The second-order valence-electron chi connectivity index (χ2n) is 10.3. The van der Waals surface area contributed by atoms with Crippen LogP contribution >= 0.6 is 0 Å². The van der Waals surface area contributed by atoms with E-state index in [1.165, 1.54) is 32.1 Å². The molecule has 6 heterocycles. The molecule has 3 N–H and O–H groups in total. The molecule has 39 heavy (non-hydrogen) atoms. The highest BCUT2D eigenvalue weighted by Crippen LogP contribution is 2.33. The van der Waals surface area contributed by atoms with Crippen molar-refractivity contribution in [3.05, 3.63) is 79.5 Å². The van der Waals surface area contributed by atoms with Crippen LogP contribution in [0.25, 0.3) is 50.3 Å². The van der Waals surface area contributed by atoms with Gasteiger partial charge in [0.25, 0.3) is 0 Å². The molecule has 1 aliphatic rings. The lowest BCUT2D eigenvalue weighted by atomic mass is 9.87. The Balaban J connectivity index is 1.22. The third-order valence-corrected chi connectivity index (χ3v) is 7.64. The number of hydrogen-bond donors (Lipinski definition) is 3. The van der Waals surface area contributed by atoms with Gasteiger partial charge in [0.1, 0.15) is 12.1 Å². The van der Waals surface area contributed by atoms with Crippen molar-refractivity contribution in [2.24, 2.45) is 5.92 Å². The number of anilines is 1. The van der Waals surface area contributed by atoms with Gasteiger partial charge in [-0.3, -0.25) is 14.6 Å². The molecule has 0 spiro atoms. The molecule has 1 aliphatic carbocycles. The van der Waals surface area contributed by atoms with Crippen LogP contribution in [0.15, 0.2) is 73.9 Å². The standard InChI is InChI=1S/C30H29N9/c1-18-16-39(17-34-18)30-24-12-27(36-26(24)8-9-32-30)28-25-11-22(14-33-29(25)38-37-28)21-10-23(15-31-13-21)35-19(2)20-6-4-3-5-7-20/h8-17,20,35-36H,2-7H2,1H3,(H,33,37,38). The number of rotatable bonds is 6. The van der Waals surface area contributed by atoms with Crippen LogP contribution in [-0.2, 0) is 0 Å². The second-order valence-corrected chi connectivity index (χ2v) is 10.3. The summed E-state index contributed by atoms with van der Waals surface area (Å²) in [7, 11) is 0. The number of aromatic nitrogens is 8. The van der Waals surface area contributed by atoms with E-state index in [0.29, 0.717) is 11.6 Å². The Labute approximate surface area is 225 Å². The minimum absolute atomic E-state index is 0.527. The number of allylic oxidation sites excluding steroid dienone is 1. The van der Waals surface area contributed by atoms with Crippen molar-refractivity contribution in [1.82, 2.24) is 39.7 Å². The van der Waals surface area contributed by atoms with Crippen molar-refractivity contribution in [3.63, 3.8) is 0 Å². The van der Waals surface area contributed by atoms with Crippen LogP contribution < -0.4 is 5.32 Å². The number of aryl methyl sites for hydroxylation is 1. The van der Waals surface area contributed by atoms with Crippen molar-refractivity contribution in [3.8, 4) is 28.3 Å². The van der Waals surface area contributed by atoms with Gasteiger partial charge in [-0.15, -0.1) is 0 Å². The van der Waals surface area contributed by atoms with Crippen molar-refractivity contribution < 1.29 is 0 Å². The lowest BCUT2D eigenvalue weighted by Gasteiger charge is -2.24. The maximum Gasteiger partial charge on any atom is 0.181 e. The van der Waals surface area contributed by atoms with Gasteiger partial charge in [0, 0.05) is 52.4 Å². The number of nitrogens with one attached hydrogen (secondary N) is 3. The van der Waals surface area contributed by atoms with Crippen molar-refractivity contribution in [2.75, 3.05) is 5.32 Å². The number of imidazole rings is 1. The average molecular weight is 516 g/mol. The molecule has 7 rings (SSSR count). The van der Waals surface area contributed by atoms with Gasteiger partial charge < -0.3 is 10.3 Å². The van der Waals surface area contributed by atoms with Crippen LogP contribution in [0.4, 0.5) is 5.69 Å². The lowest BCUT2D eigenvalue weighted by Crippen LogP contribution is -2.14. The first-order valence-corrected chi connectivity index (χ1v) is 13.4. The normalized spacial score (nSPS) is 14.3. The Hall–Kier alpha value is -4.79. The van der Waals surface area contributed by atoms with Gasteiger partial charge in [-0.1, -0.05) is 25.8 Å². The molecule has 0 saturated heterocycles. The minimum atomic E-state index is 0.527. The first kappa shape index (κ1) is 23.3. The van der Waals surface area contributed by atoms with Gasteiger partial charge in [0.05, 0.1) is 34.5 Å². The van der Waals surface area contributed by atoms with Crippen LogP contribution in [0.5, 0.6) is 0 Å². The maximum absolute atomic E-state index is 4.64. The fourth-order valence-corrected chi connectivity index (χ4v) is 5.58. The molecule has 6 aromatic rings. The van der Waals surface area contributed by atoms with Gasteiger partial charge >= 0.3 is 0 Å². The molecule has 0 unspecified atom stereocenters. The summed E-state index contributed by atoms with van der Waals surface area (Å²) in [5.41, 5.74) is 8.34. The largest absolute Gasteiger partial charge is 0.358 e. The van der Waals surface area contributed by atoms with Crippen molar-refractivity contribution in [1.29, 1.82) is 0 Å². The van der Waals surface area contributed by atoms with Gasteiger partial charge in [-0.05, 0) is 49.9 Å². The topological polar surface area (TPSA) is 113 Å². The van der Waals surface area contributed by atoms with Gasteiger partial charge in [-0.25, -0.2) is 15.0 Å². The van der Waals surface area contributed by atoms with E-state index in [1.54, 1.807) is 12.5 Å². The van der Waals surface area contributed by atoms with E-state index in [4.69, 9.17) is 0 Å². The summed E-state index contributed by atoms with van der Waals surface area (Å²) in [5.74, 6) is 1.35. The number of H-pyrrole nitrogens is 2. The summed E-state index contributed by atoms with van der Waals surface area (Å²) in [5, 5.41) is 13.1. The number of pyridine rings is 3. The summed E-state index contributed by atoms with van der Waals surface area (Å²) in [4.78, 5) is 21.6. The quantitative estimate of drug-likeness (QED) is 0.231. The van der Waals surface area contributed by atoms with Gasteiger partial charge in [0.2, 0.25) is 0 Å². The first-order chi connectivity index (χ1) is 19.1. The van der Waals surface area contributed by atoms with E-state index < -0.39 is 0 Å². The lowest BCUT2D eigenvalue weighted by molar-refractivity contribution is 0.405. The van der Waals surface area contributed by atoms with E-state index in [-0.39, 0.29) is 0 Å². The molecule has 9 nitrogen and oxygen atoms in total. The summed E-state index contributed by atoms with van der Waals surface area (Å²) in [6, 6.07) is 8.29. The molecule has 0 radical (unpaired) electrons. The van der Waals surface area contributed by atoms with Crippen LogP contribution in [-0.4, -0.2) is 39.7 Å². The molecule has 1 saturated carbocycles. The average Bonchev–Trinajstić information content (AvgIpc) is 3.71. The summed E-state index contributed by atoms with van der Waals surface area (Å²) in [6.45, 7) is 6.29. The predicted molar refractivity (Wildman–Crippen MR) is 153 cm³/mol. The Morgan fingerprint density at radius 2 is 1.87 bits per heavy atom. The number of nitrogens with zero attached hydrogens (tertiary/aromatic N) is 6. The second kappa shape index (κ2) is 9.50. The Bertz CT molecular complexity index is 1820. The molecule has 0 amide bonds. The third-order valence-electron chi connectivity index (χ3n) is 7.64. The molecule has 0 bridgehead atoms. The highest BCUT2D eigenvalue weighted by atomic mass is 15.2. The smallest absolute Gasteiger partial charge is 0.181 e. The zero-order valence-electron chi connectivity index (χ0n) is 21.8. The van der Waals surface area contributed by atoms with E-state index in [2.05, 4.69) is 65.2 Å². The van der Waals surface area contributed by atoms with Gasteiger partial charge in [-0.2, -0.15) is 5.10 Å². The van der Waals surface area contributed by atoms with E-state index in [0.717, 1.165) is 61.7 Å².